The van der Waals surface area contributed by atoms with E-state index in [2.05, 4.69) is 20.1 Å². The third-order valence-electron chi connectivity index (χ3n) is 3.56. The number of nitro benzene ring substituents is 1. The molecule has 1 amide bonds. The highest BCUT2D eigenvalue weighted by molar-refractivity contribution is 5.94. The summed E-state index contributed by atoms with van der Waals surface area (Å²) in [6, 6.07) is 8.15. The van der Waals surface area contributed by atoms with E-state index in [1.165, 1.54) is 36.4 Å². The van der Waals surface area contributed by atoms with Crippen LogP contribution in [-0.4, -0.2) is 23.7 Å². The van der Waals surface area contributed by atoms with Gasteiger partial charge in [-0.05, 0) is 24.6 Å². The second-order valence-electron chi connectivity index (χ2n) is 5.49. The molecule has 10 heteroatoms. The Kier molecular flexibility index (Phi) is 4.33. The number of nitrogens with zero attached hydrogens (tertiary/aromatic N) is 1. The van der Waals surface area contributed by atoms with Crippen molar-refractivity contribution >= 4 is 23.0 Å². The van der Waals surface area contributed by atoms with Crippen LogP contribution in [0, 0.1) is 17.0 Å². The molecule has 0 atom stereocenters. The Bertz CT molecular complexity index is 888. The van der Waals surface area contributed by atoms with Crippen molar-refractivity contribution in [2.45, 2.75) is 13.2 Å². The van der Waals surface area contributed by atoms with Gasteiger partial charge in [0, 0.05) is 23.9 Å². The Morgan fingerprint density at radius 3 is 2.65 bits per heavy atom. The van der Waals surface area contributed by atoms with E-state index in [9.17, 15) is 23.7 Å². The first-order valence-corrected chi connectivity index (χ1v) is 7.42. The minimum Gasteiger partial charge on any atom is -0.395 e. The molecule has 0 aliphatic carbocycles. The van der Waals surface area contributed by atoms with E-state index in [-0.39, 0.29) is 23.7 Å². The van der Waals surface area contributed by atoms with E-state index in [1.807, 2.05) is 0 Å². The van der Waals surface area contributed by atoms with Gasteiger partial charge in [0.05, 0.1) is 17.2 Å². The molecule has 136 valence electrons. The molecule has 0 radical (unpaired) electrons. The molecule has 2 aromatic carbocycles. The normalized spacial score (nSPS) is 14.0. The molecule has 0 spiro atoms. The highest BCUT2D eigenvalue weighted by Crippen LogP contribution is 2.42. The number of amides is 1. The molecule has 1 aliphatic heterocycles. The van der Waals surface area contributed by atoms with Crippen molar-refractivity contribution in [1.82, 2.24) is 0 Å². The van der Waals surface area contributed by atoms with Crippen molar-refractivity contribution in [3.05, 3.63) is 52.1 Å². The fourth-order valence-electron chi connectivity index (χ4n) is 2.29. The molecule has 0 unspecified atom stereocenters. The fourth-order valence-corrected chi connectivity index (χ4v) is 2.29. The van der Waals surface area contributed by atoms with Crippen molar-refractivity contribution in [1.29, 1.82) is 0 Å². The minimum absolute atomic E-state index is 0.0998. The van der Waals surface area contributed by atoms with Crippen LogP contribution in [0.25, 0.3) is 0 Å². The number of hydrogen-bond acceptors (Lipinski definition) is 6. The molecule has 0 saturated carbocycles. The van der Waals surface area contributed by atoms with Gasteiger partial charge >= 0.3 is 6.29 Å². The summed E-state index contributed by atoms with van der Waals surface area (Å²) >= 11 is 0. The SMILES string of the molecule is Cc1ccc([N+](=O)[O-])cc1NC(=O)CNc1ccc2c(c1)OC(F)(F)O2. The Labute approximate surface area is 145 Å². The van der Waals surface area contributed by atoms with Crippen LogP contribution >= 0.6 is 0 Å². The number of ether oxygens (including phenoxy) is 2. The number of aryl methyl sites for hydroxylation is 1. The maximum absolute atomic E-state index is 13.0. The lowest BCUT2D eigenvalue weighted by Gasteiger charge is -2.10. The molecule has 26 heavy (non-hydrogen) atoms. The Morgan fingerprint density at radius 1 is 1.19 bits per heavy atom. The first-order valence-electron chi connectivity index (χ1n) is 7.42. The Hall–Kier alpha value is -3.43. The van der Waals surface area contributed by atoms with Crippen LogP contribution in [0.1, 0.15) is 5.56 Å². The Balaban J connectivity index is 1.62. The van der Waals surface area contributed by atoms with Crippen molar-refractivity contribution in [3.63, 3.8) is 0 Å². The maximum Gasteiger partial charge on any atom is 0.586 e. The number of rotatable bonds is 5. The molecule has 8 nitrogen and oxygen atoms in total. The molecule has 0 saturated heterocycles. The van der Waals surface area contributed by atoms with Gasteiger partial charge in [-0.15, -0.1) is 8.78 Å². The molecular weight excluding hydrogens is 352 g/mol. The number of fused-ring (bicyclic) bond motifs is 1. The fraction of sp³-hybridized carbons (Fsp3) is 0.188. The van der Waals surface area contributed by atoms with Crippen LogP contribution in [-0.2, 0) is 4.79 Å². The number of carbonyl (C=O) groups excluding carboxylic acids is 1. The van der Waals surface area contributed by atoms with Crippen LogP contribution in [0.5, 0.6) is 11.5 Å². The van der Waals surface area contributed by atoms with Gasteiger partial charge in [-0.2, -0.15) is 0 Å². The summed E-state index contributed by atoms with van der Waals surface area (Å²) in [5.41, 5.74) is 1.21. The highest BCUT2D eigenvalue weighted by Gasteiger charge is 2.43. The topological polar surface area (TPSA) is 103 Å². The average Bonchev–Trinajstić information content (AvgIpc) is 2.87. The lowest BCUT2D eigenvalue weighted by Crippen LogP contribution is -2.25. The molecule has 0 aromatic heterocycles. The van der Waals surface area contributed by atoms with Gasteiger partial charge in [-0.1, -0.05) is 6.07 Å². The molecule has 1 aliphatic rings. The van der Waals surface area contributed by atoms with Crippen LogP contribution < -0.4 is 20.1 Å². The van der Waals surface area contributed by atoms with Crippen molar-refractivity contribution in [3.8, 4) is 11.5 Å². The van der Waals surface area contributed by atoms with E-state index in [0.29, 0.717) is 16.9 Å². The summed E-state index contributed by atoms with van der Waals surface area (Å²) in [4.78, 5) is 22.3. The number of benzene rings is 2. The largest absolute Gasteiger partial charge is 0.586 e. The van der Waals surface area contributed by atoms with Gasteiger partial charge in [-0.3, -0.25) is 14.9 Å². The van der Waals surface area contributed by atoms with Gasteiger partial charge in [0.1, 0.15) is 0 Å². The molecule has 2 N–H and O–H groups in total. The van der Waals surface area contributed by atoms with Gasteiger partial charge < -0.3 is 20.1 Å². The number of alkyl halides is 2. The first kappa shape index (κ1) is 17.4. The van der Waals surface area contributed by atoms with Gasteiger partial charge in [0.15, 0.2) is 11.5 Å². The van der Waals surface area contributed by atoms with Crippen molar-refractivity contribution in [2.75, 3.05) is 17.2 Å². The summed E-state index contributed by atoms with van der Waals surface area (Å²) in [6.45, 7) is 1.52. The summed E-state index contributed by atoms with van der Waals surface area (Å²) in [5, 5.41) is 16.1. The van der Waals surface area contributed by atoms with Crippen LogP contribution in [0.15, 0.2) is 36.4 Å². The van der Waals surface area contributed by atoms with Gasteiger partial charge in [-0.25, -0.2) is 0 Å². The Morgan fingerprint density at radius 2 is 1.92 bits per heavy atom. The summed E-state index contributed by atoms with van der Waals surface area (Å²) in [5.74, 6) is -0.705. The van der Waals surface area contributed by atoms with E-state index in [4.69, 9.17) is 0 Å². The summed E-state index contributed by atoms with van der Waals surface area (Å²) < 4.78 is 34.6. The lowest BCUT2D eigenvalue weighted by atomic mass is 10.2. The van der Waals surface area contributed by atoms with Crippen LogP contribution in [0.2, 0.25) is 0 Å². The van der Waals surface area contributed by atoms with Crippen molar-refractivity contribution < 1.29 is 28.0 Å². The number of hydrogen-bond donors (Lipinski definition) is 2. The first-order chi connectivity index (χ1) is 12.2. The minimum atomic E-state index is -3.71. The molecule has 1 heterocycles. The van der Waals surface area contributed by atoms with E-state index in [1.54, 1.807) is 6.92 Å². The van der Waals surface area contributed by atoms with Crippen LogP contribution in [0.3, 0.4) is 0 Å². The van der Waals surface area contributed by atoms with Crippen LogP contribution in [0.4, 0.5) is 25.8 Å². The standard InChI is InChI=1S/C16H13F2N3O5/c1-9-2-4-11(21(23)24)7-12(9)20-15(22)8-19-10-3-5-13-14(6-10)26-16(17,18)25-13/h2-7,19H,8H2,1H3,(H,20,22). The predicted molar refractivity (Wildman–Crippen MR) is 87.6 cm³/mol. The maximum atomic E-state index is 13.0. The second-order valence-corrected chi connectivity index (χ2v) is 5.49. The zero-order valence-electron chi connectivity index (χ0n) is 13.4. The number of anilines is 2. The average molecular weight is 365 g/mol. The summed E-state index contributed by atoms with van der Waals surface area (Å²) in [7, 11) is 0. The molecule has 0 fully saturated rings. The second kappa shape index (κ2) is 6.47. The monoisotopic (exact) mass is 365 g/mol. The molecule has 2 aromatic rings. The quantitative estimate of drug-likeness (QED) is 0.623. The van der Waals surface area contributed by atoms with Gasteiger partial charge in [0.25, 0.3) is 5.69 Å². The van der Waals surface area contributed by atoms with E-state index in [0.717, 1.165) is 0 Å². The molecular formula is C16H13F2N3O5. The van der Waals surface area contributed by atoms with Crippen molar-refractivity contribution in [2.24, 2.45) is 0 Å². The smallest absolute Gasteiger partial charge is 0.395 e. The van der Waals surface area contributed by atoms with E-state index >= 15 is 0 Å². The van der Waals surface area contributed by atoms with E-state index < -0.39 is 17.1 Å². The number of halogens is 2. The lowest BCUT2D eigenvalue weighted by molar-refractivity contribution is -0.384. The summed E-state index contributed by atoms with van der Waals surface area (Å²) in [6.07, 6.45) is -3.71. The number of carbonyl (C=O) groups is 1. The number of nitro groups is 1. The number of non-ortho nitro benzene ring substituents is 1. The molecule has 3 rings (SSSR count). The highest BCUT2D eigenvalue weighted by atomic mass is 19.3. The number of nitrogens with one attached hydrogen (secondary N) is 2. The third kappa shape index (κ3) is 3.79. The zero-order valence-corrected chi connectivity index (χ0v) is 13.4. The van der Waals surface area contributed by atoms with Gasteiger partial charge in [0.2, 0.25) is 5.91 Å². The molecule has 0 bridgehead atoms. The zero-order chi connectivity index (χ0) is 18.9. The third-order valence-corrected chi connectivity index (χ3v) is 3.56. The predicted octanol–water partition coefficient (Wildman–Crippen LogP) is 3.28.